The Hall–Kier alpha value is -7.60. The molecule has 2 bridgehead atoms. The molecule has 1 aliphatic rings. The van der Waals surface area contributed by atoms with Crippen LogP contribution in [0, 0.1) is 0 Å². The van der Waals surface area contributed by atoms with E-state index < -0.39 is 53.2 Å². The number of aromatic amines is 1. The summed E-state index contributed by atoms with van der Waals surface area (Å²) in [7, 11) is -5.42. The Morgan fingerprint density at radius 2 is 1.32 bits per heavy atom. The number of H-pyrrole nitrogens is 1. The van der Waals surface area contributed by atoms with Gasteiger partial charge in [0, 0.05) is 44.7 Å². The summed E-state index contributed by atoms with van der Waals surface area (Å²) in [5.41, 5.74) is 4.63. The van der Waals surface area contributed by atoms with Crippen LogP contribution in [0.4, 0.5) is 15.3 Å². The first-order chi connectivity index (χ1) is 35.6. The van der Waals surface area contributed by atoms with Crippen LogP contribution in [0.25, 0.3) is 22.2 Å². The molecule has 1 aromatic heterocycles. The molecule has 2 amide bonds. The number of imidazole rings is 1. The Balaban J connectivity index is 1.50. The number of rotatable bonds is 19. The quantitative estimate of drug-likeness (QED) is 0.0481. The van der Waals surface area contributed by atoms with Crippen molar-refractivity contribution in [3.63, 3.8) is 0 Å². The SMILES string of the molecule is COc1ccc(CN(Cc2ccc(OC)cc2)S(=O)(=O)c2c(S(=O)(=O)NCCNC(=O)OC(C)(C)C)ccc(-c3cccc4[nH]c(CCNC(=O)OC(C)(C)C)nc34)c2C2=N/c3cc(ccc3OC)CN/N=N\2)cc1. The Bertz CT molecular complexity index is 3260. The van der Waals surface area contributed by atoms with E-state index in [4.69, 9.17) is 33.7 Å². The molecule has 398 valence electrons. The highest BCUT2D eigenvalue weighted by molar-refractivity contribution is 7.92. The highest BCUT2D eigenvalue weighted by atomic mass is 32.2. The van der Waals surface area contributed by atoms with Crippen molar-refractivity contribution in [2.45, 2.75) is 88.6 Å². The molecule has 1 aliphatic heterocycles. The topological polar surface area (TPSA) is 266 Å². The third kappa shape index (κ3) is 14.2. The van der Waals surface area contributed by atoms with Crippen LogP contribution in [0.2, 0.25) is 0 Å². The van der Waals surface area contributed by atoms with Crippen LogP contribution in [0.5, 0.6) is 17.2 Å². The van der Waals surface area contributed by atoms with E-state index in [1.165, 1.54) is 37.8 Å². The number of amidine groups is 1. The summed E-state index contributed by atoms with van der Waals surface area (Å²) in [5.74, 6) is 1.54. The van der Waals surface area contributed by atoms with Crippen molar-refractivity contribution in [2.24, 2.45) is 15.3 Å². The van der Waals surface area contributed by atoms with Crippen molar-refractivity contribution >= 4 is 54.8 Å². The van der Waals surface area contributed by atoms with Crippen molar-refractivity contribution < 1.29 is 50.1 Å². The number of carbonyl (C=O) groups is 2. The molecule has 5 aromatic carbocycles. The molecule has 75 heavy (non-hydrogen) atoms. The number of ether oxygens (including phenoxy) is 5. The van der Waals surface area contributed by atoms with Crippen LogP contribution in [-0.2, 0) is 55.6 Å². The fourth-order valence-corrected chi connectivity index (χ4v) is 11.3. The van der Waals surface area contributed by atoms with Crippen LogP contribution >= 0.6 is 0 Å². The van der Waals surface area contributed by atoms with Gasteiger partial charge in [-0.05, 0) is 112 Å². The van der Waals surface area contributed by atoms with Crippen molar-refractivity contribution in [3.05, 3.63) is 125 Å². The van der Waals surface area contributed by atoms with Gasteiger partial charge in [0.15, 0.2) is 5.84 Å². The summed E-state index contributed by atoms with van der Waals surface area (Å²) in [6.45, 7) is 9.61. The molecule has 0 fully saturated rings. The Morgan fingerprint density at radius 3 is 1.91 bits per heavy atom. The molecule has 0 radical (unpaired) electrons. The molecule has 23 heteroatoms. The second-order valence-electron chi connectivity index (χ2n) is 19.2. The molecule has 0 saturated carbocycles. The number of hydrogen-bond donors (Lipinski definition) is 5. The van der Waals surface area contributed by atoms with Gasteiger partial charge in [-0.15, -0.1) is 5.11 Å². The summed E-state index contributed by atoms with van der Waals surface area (Å²) >= 11 is 0. The minimum atomic E-state index is -5.07. The van der Waals surface area contributed by atoms with Crippen molar-refractivity contribution in [3.8, 4) is 28.4 Å². The number of alkyl carbamates (subject to hydrolysis) is 2. The van der Waals surface area contributed by atoms with E-state index in [1.54, 1.807) is 126 Å². The smallest absolute Gasteiger partial charge is 0.407 e. The van der Waals surface area contributed by atoms with Gasteiger partial charge in [-0.1, -0.05) is 53.8 Å². The molecule has 5 N–H and O–H groups in total. The number of hydrogen-bond acceptors (Lipinski definition) is 16. The van der Waals surface area contributed by atoms with Gasteiger partial charge < -0.3 is 39.3 Å². The summed E-state index contributed by atoms with van der Waals surface area (Å²) in [5, 5.41) is 14.1. The van der Waals surface area contributed by atoms with Gasteiger partial charge in [0.25, 0.3) is 0 Å². The second-order valence-corrected chi connectivity index (χ2v) is 22.8. The van der Waals surface area contributed by atoms with Gasteiger partial charge in [0.1, 0.15) is 49.8 Å². The van der Waals surface area contributed by atoms with Gasteiger partial charge in [-0.2, -0.15) is 4.31 Å². The highest BCUT2D eigenvalue weighted by Crippen LogP contribution is 2.41. The second kappa shape index (κ2) is 23.3. The number of para-hydroxylation sites is 1. The zero-order valence-corrected chi connectivity index (χ0v) is 44.9. The number of methoxy groups -OCH3 is 3. The lowest BCUT2D eigenvalue weighted by Gasteiger charge is -2.27. The number of nitrogens with zero attached hydrogens (tertiary/aromatic N) is 5. The normalized spacial score (nSPS) is 14.1. The molecular formula is C52H62N10O11S2. The van der Waals surface area contributed by atoms with Gasteiger partial charge in [-0.3, -0.25) is 5.43 Å². The first-order valence-corrected chi connectivity index (χ1v) is 26.7. The van der Waals surface area contributed by atoms with Gasteiger partial charge in [0.05, 0.1) is 44.5 Å². The van der Waals surface area contributed by atoms with Crippen LogP contribution in [0.15, 0.2) is 122 Å². The van der Waals surface area contributed by atoms with E-state index in [0.717, 1.165) is 5.56 Å². The molecule has 0 atom stereocenters. The van der Waals surface area contributed by atoms with Crippen LogP contribution in [0.1, 0.15) is 69.6 Å². The number of amides is 2. The highest BCUT2D eigenvalue weighted by Gasteiger charge is 2.38. The van der Waals surface area contributed by atoms with E-state index >= 15 is 16.8 Å². The third-order valence-corrected chi connectivity index (χ3v) is 14.7. The molecule has 6 aromatic rings. The van der Waals surface area contributed by atoms with Crippen LogP contribution in [0.3, 0.4) is 0 Å². The molecule has 0 unspecified atom stereocenters. The molecule has 21 nitrogen and oxygen atoms in total. The monoisotopic (exact) mass is 1070 g/mol. The molecule has 0 saturated heterocycles. The third-order valence-electron chi connectivity index (χ3n) is 11.2. The van der Waals surface area contributed by atoms with Crippen molar-refractivity contribution in [1.82, 2.24) is 35.1 Å². The van der Waals surface area contributed by atoms with Crippen molar-refractivity contribution in [1.29, 1.82) is 0 Å². The van der Waals surface area contributed by atoms with E-state index in [-0.39, 0.29) is 68.3 Å². The van der Waals surface area contributed by atoms with Gasteiger partial charge in [-0.25, -0.2) is 41.1 Å². The van der Waals surface area contributed by atoms with Crippen molar-refractivity contribution in [2.75, 3.05) is 41.0 Å². The minimum absolute atomic E-state index is 0.161. The lowest BCUT2D eigenvalue weighted by Crippen LogP contribution is -2.38. The average molecular weight is 1070 g/mol. The number of benzene rings is 5. The summed E-state index contributed by atoms with van der Waals surface area (Å²) in [6, 6.07) is 26.8. The van der Waals surface area contributed by atoms with E-state index in [9.17, 15) is 9.59 Å². The van der Waals surface area contributed by atoms with Crippen LogP contribution < -0.4 is 35.0 Å². The van der Waals surface area contributed by atoms with Crippen LogP contribution in [-0.4, -0.2) is 101 Å². The summed E-state index contributed by atoms with van der Waals surface area (Å²) in [4.78, 5) is 37.0. The predicted molar refractivity (Wildman–Crippen MR) is 282 cm³/mol. The Kier molecular flexibility index (Phi) is 17.1. The maximum absolute atomic E-state index is 16.4. The number of sulfonamides is 2. The molecular weight excluding hydrogens is 1000 g/mol. The average Bonchev–Trinajstić information content (AvgIpc) is 3.80. The molecule has 7 rings (SSSR count). The zero-order valence-electron chi connectivity index (χ0n) is 43.2. The first-order valence-electron chi connectivity index (χ1n) is 23.8. The molecule has 2 heterocycles. The van der Waals surface area contributed by atoms with E-state index in [0.29, 0.717) is 50.8 Å². The molecule has 0 spiro atoms. The number of nitrogens with one attached hydrogen (secondary N) is 5. The van der Waals surface area contributed by atoms with E-state index in [1.807, 2.05) is 0 Å². The fourth-order valence-electron chi connectivity index (χ4n) is 7.84. The number of aliphatic imine (C=N–C) groups is 1. The fraction of sp³-hybridized carbons (Fsp3) is 0.346. The summed E-state index contributed by atoms with van der Waals surface area (Å²) in [6.07, 6.45) is -1.13. The largest absolute Gasteiger partial charge is 0.497 e. The van der Waals surface area contributed by atoms with Gasteiger partial charge in [0.2, 0.25) is 20.0 Å². The lowest BCUT2D eigenvalue weighted by molar-refractivity contribution is 0.0517. The zero-order chi connectivity index (χ0) is 54.1. The van der Waals surface area contributed by atoms with E-state index in [2.05, 4.69) is 36.1 Å². The standard InChI is InChI=1S/C52H62N10O11S2/c1-51(2,3)72-49(63)53-26-25-44-57-40-12-10-11-39(46(40)59-44)38-22-24-43(74(65,66)56-28-27-54-50(64)73-52(4,5)6)47(45(38)48-58-41-29-35(30-55-61-60-48)17-23-42(41)71-9)75(67,68)62(31-33-13-18-36(69-7)19-14-33)32-34-15-20-37(70-8)21-16-34/h10-24,29,56H,25-28,30-32H2,1-9H3,(H,53,63)(H,54,64)(H,57,59)(H,55,58,60). The first kappa shape index (κ1) is 55.2. The maximum atomic E-state index is 16.4. The Labute approximate surface area is 436 Å². The number of carbonyl (C=O) groups excluding carboxylic acids is 2. The molecule has 0 aliphatic carbocycles. The Morgan fingerprint density at radius 1 is 0.707 bits per heavy atom. The lowest BCUT2D eigenvalue weighted by atomic mass is 9.97. The van der Waals surface area contributed by atoms with Gasteiger partial charge >= 0.3 is 12.2 Å². The maximum Gasteiger partial charge on any atom is 0.407 e. The minimum Gasteiger partial charge on any atom is -0.497 e. The summed E-state index contributed by atoms with van der Waals surface area (Å²) < 4.78 is 93.8. The number of fused-ring (bicyclic) bond motifs is 3. The number of aromatic nitrogens is 2. The predicted octanol–water partition coefficient (Wildman–Crippen LogP) is 8.07.